The third kappa shape index (κ3) is 4.18. The van der Waals surface area contributed by atoms with Gasteiger partial charge in [-0.3, -0.25) is 4.90 Å². The molecule has 2 aromatic carbocycles. The number of aliphatic hydroxyl groups is 1. The van der Waals surface area contributed by atoms with Crippen molar-refractivity contribution in [3.05, 3.63) is 63.9 Å². The van der Waals surface area contributed by atoms with Crippen molar-refractivity contribution in [1.82, 2.24) is 9.80 Å². The van der Waals surface area contributed by atoms with Crippen LogP contribution in [0.25, 0.3) is 0 Å². The van der Waals surface area contributed by atoms with E-state index in [2.05, 4.69) is 22.9 Å². The van der Waals surface area contributed by atoms with Gasteiger partial charge in [0.25, 0.3) is 0 Å². The summed E-state index contributed by atoms with van der Waals surface area (Å²) in [5.41, 5.74) is 2.15. The number of nitrogens with zero attached hydrogens (tertiary/aromatic N) is 2. The molecule has 2 aliphatic rings. The van der Waals surface area contributed by atoms with E-state index in [1.54, 1.807) is 6.07 Å². The van der Waals surface area contributed by atoms with Crippen LogP contribution >= 0.6 is 11.6 Å². The molecule has 0 amide bonds. The number of halogens is 2. The van der Waals surface area contributed by atoms with Gasteiger partial charge in [-0.2, -0.15) is 0 Å². The summed E-state index contributed by atoms with van der Waals surface area (Å²) in [6, 6.07) is 10.6. The molecule has 2 aliphatic heterocycles. The van der Waals surface area contributed by atoms with Gasteiger partial charge in [0, 0.05) is 43.3 Å². The maximum absolute atomic E-state index is 13.3. The van der Waals surface area contributed by atoms with Crippen LogP contribution in [0.3, 0.4) is 0 Å². The average Bonchev–Trinajstić information content (AvgIpc) is 2.87. The SMILES string of the molecule is CN1CCC(O)(c2ccc3c(c2)CN(Cc2ccc(F)cc2Cl)CCO3)CC1. The van der Waals surface area contributed by atoms with Gasteiger partial charge in [0.2, 0.25) is 0 Å². The number of hydrogen-bond donors (Lipinski definition) is 1. The Morgan fingerprint density at radius 3 is 2.68 bits per heavy atom. The molecule has 4 rings (SSSR count). The van der Waals surface area contributed by atoms with E-state index in [0.717, 1.165) is 54.9 Å². The van der Waals surface area contributed by atoms with E-state index in [-0.39, 0.29) is 5.82 Å². The molecule has 150 valence electrons. The molecular formula is C22H26ClFN2O2. The minimum absolute atomic E-state index is 0.325. The summed E-state index contributed by atoms with van der Waals surface area (Å²) in [4.78, 5) is 4.49. The minimum atomic E-state index is -0.779. The van der Waals surface area contributed by atoms with Crippen LogP contribution < -0.4 is 4.74 Å². The Labute approximate surface area is 170 Å². The fourth-order valence-electron chi connectivity index (χ4n) is 4.04. The summed E-state index contributed by atoms with van der Waals surface area (Å²) >= 11 is 6.21. The van der Waals surface area contributed by atoms with E-state index in [1.807, 2.05) is 12.1 Å². The van der Waals surface area contributed by atoms with Crippen LogP contribution in [0, 0.1) is 5.82 Å². The van der Waals surface area contributed by atoms with Gasteiger partial charge in [0.15, 0.2) is 0 Å². The molecule has 28 heavy (non-hydrogen) atoms. The number of likely N-dealkylation sites (tertiary alicyclic amines) is 1. The molecule has 0 radical (unpaired) electrons. The monoisotopic (exact) mass is 404 g/mol. The standard InChI is InChI=1S/C22H26ClFN2O2/c1-25-8-6-22(27,7-9-25)18-3-5-21-17(12-18)15-26(10-11-28-21)14-16-2-4-19(24)13-20(16)23/h2-5,12-13,27H,6-11,14-15H2,1H3. The van der Waals surface area contributed by atoms with E-state index in [9.17, 15) is 9.50 Å². The Morgan fingerprint density at radius 1 is 1.14 bits per heavy atom. The van der Waals surface area contributed by atoms with Crippen LogP contribution in [0.15, 0.2) is 36.4 Å². The Morgan fingerprint density at radius 2 is 1.93 bits per heavy atom. The van der Waals surface area contributed by atoms with Crippen LogP contribution in [-0.4, -0.2) is 48.2 Å². The lowest BCUT2D eigenvalue weighted by atomic mass is 9.84. The first kappa shape index (κ1) is 19.6. The first-order chi connectivity index (χ1) is 13.4. The molecule has 6 heteroatoms. The Kier molecular flexibility index (Phi) is 5.61. The zero-order chi connectivity index (χ0) is 19.7. The predicted molar refractivity (Wildman–Crippen MR) is 108 cm³/mol. The van der Waals surface area contributed by atoms with E-state index in [0.29, 0.717) is 24.7 Å². The maximum Gasteiger partial charge on any atom is 0.124 e. The lowest BCUT2D eigenvalue weighted by Gasteiger charge is -2.37. The fraction of sp³-hybridized carbons (Fsp3) is 0.455. The van der Waals surface area contributed by atoms with Gasteiger partial charge in [0.1, 0.15) is 18.2 Å². The lowest BCUT2D eigenvalue weighted by molar-refractivity contribution is -0.0204. The highest BCUT2D eigenvalue weighted by molar-refractivity contribution is 6.31. The third-order valence-electron chi connectivity index (χ3n) is 5.88. The smallest absolute Gasteiger partial charge is 0.124 e. The third-order valence-corrected chi connectivity index (χ3v) is 6.23. The van der Waals surface area contributed by atoms with Crippen molar-refractivity contribution in [2.24, 2.45) is 0 Å². The molecule has 0 aliphatic carbocycles. The number of ether oxygens (including phenoxy) is 1. The van der Waals surface area contributed by atoms with Crippen LogP contribution in [0.2, 0.25) is 5.02 Å². The Hall–Kier alpha value is -1.66. The summed E-state index contributed by atoms with van der Waals surface area (Å²) < 4.78 is 19.3. The van der Waals surface area contributed by atoms with Crippen molar-refractivity contribution in [2.45, 2.75) is 31.5 Å². The van der Waals surface area contributed by atoms with Gasteiger partial charge in [-0.05, 0) is 55.3 Å². The first-order valence-corrected chi connectivity index (χ1v) is 10.1. The molecule has 4 nitrogen and oxygen atoms in total. The second-order valence-electron chi connectivity index (χ2n) is 7.95. The number of benzene rings is 2. The van der Waals surface area contributed by atoms with Crippen LogP contribution in [0.5, 0.6) is 5.75 Å². The zero-order valence-corrected chi connectivity index (χ0v) is 16.9. The molecule has 1 N–H and O–H groups in total. The second-order valence-corrected chi connectivity index (χ2v) is 8.36. The quantitative estimate of drug-likeness (QED) is 0.844. The molecule has 0 spiro atoms. The molecule has 1 saturated heterocycles. The highest BCUT2D eigenvalue weighted by Gasteiger charge is 2.33. The number of piperidine rings is 1. The summed E-state index contributed by atoms with van der Waals surface area (Å²) in [6.45, 7) is 4.44. The second kappa shape index (κ2) is 7.99. The van der Waals surface area contributed by atoms with Crippen LogP contribution in [0.4, 0.5) is 4.39 Å². The van der Waals surface area contributed by atoms with Gasteiger partial charge < -0.3 is 14.7 Å². The molecule has 0 atom stereocenters. The van der Waals surface area contributed by atoms with Crippen molar-refractivity contribution >= 4 is 11.6 Å². The Bertz CT molecular complexity index is 852. The maximum atomic E-state index is 13.3. The average molecular weight is 405 g/mol. The van der Waals surface area contributed by atoms with E-state index < -0.39 is 5.60 Å². The van der Waals surface area contributed by atoms with Gasteiger partial charge in [0.05, 0.1) is 5.60 Å². The largest absolute Gasteiger partial charge is 0.492 e. The first-order valence-electron chi connectivity index (χ1n) is 9.76. The van der Waals surface area contributed by atoms with Gasteiger partial charge in [-0.1, -0.05) is 23.7 Å². The molecule has 2 heterocycles. The van der Waals surface area contributed by atoms with Crippen molar-refractivity contribution in [3.8, 4) is 5.75 Å². The van der Waals surface area contributed by atoms with Crippen molar-refractivity contribution in [3.63, 3.8) is 0 Å². The lowest BCUT2D eigenvalue weighted by Crippen LogP contribution is -2.40. The summed E-state index contributed by atoms with van der Waals surface area (Å²) in [5, 5.41) is 11.6. The minimum Gasteiger partial charge on any atom is -0.492 e. The molecule has 0 unspecified atom stereocenters. The summed E-state index contributed by atoms with van der Waals surface area (Å²) in [6.07, 6.45) is 1.47. The normalized spacial score (nSPS) is 20.3. The van der Waals surface area contributed by atoms with Gasteiger partial charge in [-0.25, -0.2) is 4.39 Å². The Balaban J connectivity index is 1.55. The van der Waals surface area contributed by atoms with Crippen molar-refractivity contribution in [1.29, 1.82) is 0 Å². The molecule has 0 saturated carbocycles. The predicted octanol–water partition coefficient (Wildman–Crippen LogP) is 3.79. The highest BCUT2D eigenvalue weighted by Crippen LogP contribution is 2.36. The fourth-order valence-corrected chi connectivity index (χ4v) is 4.27. The molecule has 2 aromatic rings. The van der Waals surface area contributed by atoms with Crippen LogP contribution in [-0.2, 0) is 18.7 Å². The highest BCUT2D eigenvalue weighted by atomic mass is 35.5. The van der Waals surface area contributed by atoms with Gasteiger partial charge in [-0.15, -0.1) is 0 Å². The topological polar surface area (TPSA) is 35.9 Å². The summed E-state index contributed by atoms with van der Waals surface area (Å²) in [7, 11) is 2.09. The summed E-state index contributed by atoms with van der Waals surface area (Å²) in [5.74, 6) is 0.544. The molecular weight excluding hydrogens is 379 g/mol. The number of rotatable bonds is 3. The zero-order valence-electron chi connectivity index (χ0n) is 16.1. The van der Waals surface area contributed by atoms with E-state index in [1.165, 1.54) is 12.1 Å². The van der Waals surface area contributed by atoms with E-state index in [4.69, 9.17) is 16.3 Å². The van der Waals surface area contributed by atoms with Crippen LogP contribution in [0.1, 0.15) is 29.5 Å². The molecule has 0 bridgehead atoms. The molecule has 0 aromatic heterocycles. The number of fused-ring (bicyclic) bond motifs is 1. The number of hydrogen-bond acceptors (Lipinski definition) is 4. The molecule has 1 fully saturated rings. The van der Waals surface area contributed by atoms with E-state index >= 15 is 0 Å². The van der Waals surface area contributed by atoms with Crippen molar-refractivity contribution in [2.75, 3.05) is 33.3 Å². The van der Waals surface area contributed by atoms with Crippen molar-refractivity contribution < 1.29 is 14.2 Å². The van der Waals surface area contributed by atoms with Gasteiger partial charge >= 0.3 is 0 Å².